The maximum atomic E-state index is 6.09. The number of pyridine rings is 2. The minimum absolute atomic E-state index is 0.800. The van der Waals surface area contributed by atoms with Gasteiger partial charge in [-0.2, -0.15) is 0 Å². The summed E-state index contributed by atoms with van der Waals surface area (Å²) in [4.78, 5) is 9.25. The molecule has 64 heavy (non-hydrogen) atoms. The molecule has 14 rings (SSSR count). The molecule has 0 atom stereocenters. The van der Waals surface area contributed by atoms with E-state index in [0.29, 0.717) is 0 Å². The molecule has 0 aliphatic heterocycles. The number of aromatic nitrogens is 4. The zero-order chi connectivity index (χ0) is 41.9. The minimum atomic E-state index is 0.800. The van der Waals surface area contributed by atoms with Gasteiger partial charge in [-0.1, -0.05) is 84.9 Å². The first-order chi connectivity index (χ1) is 31.7. The van der Waals surface area contributed by atoms with Crippen LogP contribution in [0.2, 0.25) is 0 Å². The van der Waals surface area contributed by atoms with Gasteiger partial charge in [0, 0.05) is 56.1 Å². The van der Waals surface area contributed by atoms with Gasteiger partial charge in [-0.25, -0.2) is 0 Å². The van der Waals surface area contributed by atoms with Crippen LogP contribution in [0.15, 0.2) is 215 Å². The van der Waals surface area contributed by atoms with Crippen molar-refractivity contribution in [3.8, 4) is 44.8 Å². The fourth-order valence-corrected chi connectivity index (χ4v) is 10.1. The number of nitrogens with zero attached hydrogens (tertiary/aromatic N) is 4. The molecule has 6 heterocycles. The Morgan fingerprint density at radius 2 is 0.688 bits per heavy atom. The minimum Gasteiger partial charge on any atom is -0.454 e. The molecule has 8 aromatic carbocycles. The normalized spacial score (nSPS) is 12.1. The van der Waals surface area contributed by atoms with Crippen LogP contribution in [0, 0.1) is 0 Å². The van der Waals surface area contributed by atoms with E-state index in [1.165, 1.54) is 43.7 Å². The number of hydrogen-bond donors (Lipinski definition) is 0. The molecule has 298 valence electrons. The standard InChI is InChI=1S/C58H34N4O2/c1-3-15-49-43(13-1)45-31-37(19-23-51(45)61(49)41-11-5-9-35(29-41)39-21-25-53-47(33-39)57-55(63-53)17-7-27-59-57)38-20-24-52-46(32-38)44-14-2-4-16-50(44)62(52)42-12-6-10-36(30-42)40-22-26-54-48(34-40)58-56(64-54)18-8-28-60-58/h1-34H. The van der Waals surface area contributed by atoms with Crippen LogP contribution in [-0.2, 0) is 0 Å². The Morgan fingerprint density at radius 3 is 1.17 bits per heavy atom. The zero-order valence-corrected chi connectivity index (χ0v) is 34.2. The highest BCUT2D eigenvalue weighted by molar-refractivity contribution is 6.13. The van der Waals surface area contributed by atoms with Gasteiger partial charge in [0.25, 0.3) is 0 Å². The van der Waals surface area contributed by atoms with Gasteiger partial charge in [0.1, 0.15) is 22.2 Å². The summed E-state index contributed by atoms with van der Waals surface area (Å²) in [6.45, 7) is 0. The zero-order valence-electron chi connectivity index (χ0n) is 34.2. The van der Waals surface area contributed by atoms with Crippen molar-refractivity contribution in [3.05, 3.63) is 207 Å². The highest BCUT2D eigenvalue weighted by atomic mass is 16.3. The van der Waals surface area contributed by atoms with Gasteiger partial charge < -0.3 is 18.0 Å². The van der Waals surface area contributed by atoms with E-state index in [1.54, 1.807) is 0 Å². The molecule has 14 aromatic rings. The molecule has 0 fully saturated rings. The number of rotatable bonds is 5. The van der Waals surface area contributed by atoms with Gasteiger partial charge >= 0.3 is 0 Å². The number of hydrogen-bond acceptors (Lipinski definition) is 4. The maximum absolute atomic E-state index is 6.09. The summed E-state index contributed by atoms with van der Waals surface area (Å²) < 4.78 is 17.0. The van der Waals surface area contributed by atoms with Gasteiger partial charge in [-0.15, -0.1) is 0 Å². The second-order valence-corrected chi connectivity index (χ2v) is 16.6. The van der Waals surface area contributed by atoms with Crippen molar-refractivity contribution in [3.63, 3.8) is 0 Å². The lowest BCUT2D eigenvalue weighted by Crippen LogP contribution is -1.94. The van der Waals surface area contributed by atoms with E-state index < -0.39 is 0 Å². The fourth-order valence-electron chi connectivity index (χ4n) is 10.1. The highest BCUT2D eigenvalue weighted by Gasteiger charge is 2.18. The van der Waals surface area contributed by atoms with E-state index in [4.69, 9.17) is 8.83 Å². The molecule has 0 radical (unpaired) electrons. The third-order valence-electron chi connectivity index (χ3n) is 13.0. The monoisotopic (exact) mass is 818 g/mol. The molecule has 0 unspecified atom stereocenters. The average molecular weight is 819 g/mol. The molecule has 0 saturated carbocycles. The Hall–Kier alpha value is -8.74. The Balaban J connectivity index is 0.867. The number of benzene rings is 8. The second kappa shape index (κ2) is 13.4. The van der Waals surface area contributed by atoms with Crippen LogP contribution in [-0.4, -0.2) is 19.1 Å². The Morgan fingerprint density at radius 1 is 0.281 bits per heavy atom. The summed E-state index contributed by atoms with van der Waals surface area (Å²) in [6, 6.07) is 69.5. The van der Waals surface area contributed by atoms with Crippen molar-refractivity contribution in [2.45, 2.75) is 0 Å². The summed E-state index contributed by atoms with van der Waals surface area (Å²) in [5, 5.41) is 6.91. The summed E-state index contributed by atoms with van der Waals surface area (Å²) in [5.41, 5.74) is 18.8. The lowest BCUT2D eigenvalue weighted by molar-refractivity contribution is 0.668. The van der Waals surface area contributed by atoms with Crippen molar-refractivity contribution in [2.75, 3.05) is 0 Å². The van der Waals surface area contributed by atoms with Gasteiger partial charge in [0.2, 0.25) is 0 Å². The van der Waals surface area contributed by atoms with Gasteiger partial charge in [-0.05, 0) is 143 Å². The molecule has 0 saturated heterocycles. The third-order valence-corrected chi connectivity index (χ3v) is 13.0. The van der Waals surface area contributed by atoms with Crippen molar-refractivity contribution < 1.29 is 8.83 Å². The number of furan rings is 2. The molecule has 6 nitrogen and oxygen atoms in total. The van der Waals surface area contributed by atoms with E-state index in [0.717, 1.165) is 88.8 Å². The molecule has 6 aromatic heterocycles. The molecule has 0 bridgehead atoms. The molecule has 0 aliphatic carbocycles. The topological polar surface area (TPSA) is 61.9 Å². The first-order valence-corrected chi connectivity index (χ1v) is 21.5. The van der Waals surface area contributed by atoms with E-state index in [2.05, 4.69) is 189 Å². The van der Waals surface area contributed by atoms with Crippen molar-refractivity contribution in [1.29, 1.82) is 0 Å². The van der Waals surface area contributed by atoms with Crippen molar-refractivity contribution in [1.82, 2.24) is 19.1 Å². The van der Waals surface area contributed by atoms with E-state index in [1.807, 2.05) is 36.7 Å². The van der Waals surface area contributed by atoms with Crippen molar-refractivity contribution >= 4 is 87.7 Å². The average Bonchev–Trinajstić information content (AvgIpc) is 4.11. The Bertz CT molecular complexity index is 3950. The summed E-state index contributed by atoms with van der Waals surface area (Å²) in [6.07, 6.45) is 3.64. The van der Waals surface area contributed by atoms with Crippen LogP contribution >= 0.6 is 0 Å². The molecule has 0 amide bonds. The van der Waals surface area contributed by atoms with Crippen molar-refractivity contribution in [2.24, 2.45) is 0 Å². The number of fused-ring (bicyclic) bond motifs is 12. The maximum Gasteiger partial charge on any atom is 0.153 e. The van der Waals surface area contributed by atoms with Crippen LogP contribution in [0.4, 0.5) is 0 Å². The van der Waals surface area contributed by atoms with Gasteiger partial charge in [0.05, 0.1) is 22.1 Å². The molecule has 6 heteroatoms. The lowest BCUT2D eigenvalue weighted by atomic mass is 10.0. The van der Waals surface area contributed by atoms with Crippen LogP contribution in [0.5, 0.6) is 0 Å². The SMILES string of the molecule is c1cc(-c2ccc3oc4cccnc4c3c2)cc(-n2c3ccccc3c3cc(-c4ccc5c(c4)c4ccccc4n5-c4cccc(-c5ccc6oc7cccnc7c6c5)c4)ccc32)c1. The molecule has 0 spiro atoms. The van der Waals surface area contributed by atoms with Crippen LogP contribution in [0.25, 0.3) is 133 Å². The predicted octanol–water partition coefficient (Wildman–Crippen LogP) is 15.5. The van der Waals surface area contributed by atoms with Crippen LogP contribution in [0.1, 0.15) is 0 Å². The summed E-state index contributed by atoms with van der Waals surface area (Å²) in [7, 11) is 0. The highest BCUT2D eigenvalue weighted by Crippen LogP contribution is 2.40. The quantitative estimate of drug-likeness (QED) is 0.174. The summed E-state index contributed by atoms with van der Waals surface area (Å²) >= 11 is 0. The molecular formula is C58H34N4O2. The molecule has 0 N–H and O–H groups in total. The fraction of sp³-hybridized carbons (Fsp3) is 0. The second-order valence-electron chi connectivity index (χ2n) is 16.6. The molecular weight excluding hydrogens is 785 g/mol. The van der Waals surface area contributed by atoms with Crippen LogP contribution in [0.3, 0.4) is 0 Å². The number of para-hydroxylation sites is 2. The molecule has 0 aliphatic rings. The lowest BCUT2D eigenvalue weighted by Gasteiger charge is -2.11. The first kappa shape index (κ1) is 34.9. The van der Waals surface area contributed by atoms with E-state index in [-0.39, 0.29) is 0 Å². The smallest absolute Gasteiger partial charge is 0.153 e. The van der Waals surface area contributed by atoms with Gasteiger partial charge in [0.15, 0.2) is 11.2 Å². The van der Waals surface area contributed by atoms with E-state index >= 15 is 0 Å². The Kier molecular flexibility index (Phi) is 7.30. The Labute approximate surface area is 365 Å². The largest absolute Gasteiger partial charge is 0.454 e. The first-order valence-electron chi connectivity index (χ1n) is 21.5. The summed E-state index contributed by atoms with van der Waals surface area (Å²) in [5.74, 6) is 0. The predicted molar refractivity (Wildman–Crippen MR) is 262 cm³/mol. The van der Waals surface area contributed by atoms with Crippen LogP contribution < -0.4 is 0 Å². The van der Waals surface area contributed by atoms with E-state index in [9.17, 15) is 0 Å². The third kappa shape index (κ3) is 5.20. The van der Waals surface area contributed by atoms with Gasteiger partial charge in [-0.3, -0.25) is 9.97 Å².